The van der Waals surface area contributed by atoms with Crippen LogP contribution in [0.25, 0.3) is 11.1 Å². The maximum Gasteiger partial charge on any atom is 0.231 e. The molecule has 156 valence electrons. The highest BCUT2D eigenvalue weighted by atomic mass is 16.3. The number of pyridine rings is 1. The van der Waals surface area contributed by atoms with Crippen LogP contribution < -0.4 is 21.9 Å². The number of para-hydroxylation sites is 1. The van der Waals surface area contributed by atoms with E-state index < -0.39 is 6.10 Å². The molecule has 1 atom stereocenters. The predicted molar refractivity (Wildman–Crippen MR) is 123 cm³/mol. The third-order valence-electron chi connectivity index (χ3n) is 4.69. The lowest BCUT2D eigenvalue weighted by molar-refractivity contribution is 0.191. The number of benzene rings is 2. The highest BCUT2D eigenvalue weighted by Crippen LogP contribution is 2.34. The Morgan fingerprint density at radius 2 is 1.48 bits per heavy atom. The highest BCUT2D eigenvalue weighted by molar-refractivity contribution is 5.85. The molecule has 0 saturated heterocycles. The van der Waals surface area contributed by atoms with Gasteiger partial charge in [-0.1, -0.05) is 48.5 Å². The second-order valence-corrected chi connectivity index (χ2v) is 6.80. The van der Waals surface area contributed by atoms with Gasteiger partial charge in [-0.05, 0) is 35.4 Å². The van der Waals surface area contributed by atoms with Crippen molar-refractivity contribution in [2.75, 3.05) is 22.6 Å². The lowest BCUT2D eigenvalue weighted by atomic mass is 10.1. The molecular weight excluding hydrogens is 390 g/mol. The van der Waals surface area contributed by atoms with Gasteiger partial charge in [0.05, 0.1) is 11.7 Å². The zero-order valence-corrected chi connectivity index (χ0v) is 16.7. The molecule has 0 fully saturated rings. The number of nitrogens with one attached hydrogen (secondary N) is 3. The number of nitrogens with zero attached hydrogens (tertiary/aromatic N) is 3. The van der Waals surface area contributed by atoms with Crippen LogP contribution >= 0.6 is 0 Å². The molecule has 8 heteroatoms. The monoisotopic (exact) mass is 413 g/mol. The van der Waals surface area contributed by atoms with Gasteiger partial charge >= 0.3 is 0 Å². The van der Waals surface area contributed by atoms with E-state index in [4.69, 9.17) is 5.84 Å². The maximum absolute atomic E-state index is 10.6. The van der Waals surface area contributed by atoms with Crippen LogP contribution in [0.5, 0.6) is 0 Å². The van der Waals surface area contributed by atoms with Gasteiger partial charge in [0.2, 0.25) is 5.95 Å². The molecular formula is C23H23N7O. The van der Waals surface area contributed by atoms with Gasteiger partial charge in [0.15, 0.2) is 5.82 Å². The van der Waals surface area contributed by atoms with Crippen LogP contribution in [0.4, 0.5) is 23.3 Å². The Bertz CT molecular complexity index is 1110. The lowest BCUT2D eigenvalue weighted by Crippen LogP contribution is -2.17. The number of aliphatic hydroxyl groups excluding tert-OH is 1. The van der Waals surface area contributed by atoms with Crippen molar-refractivity contribution in [3.8, 4) is 11.1 Å². The summed E-state index contributed by atoms with van der Waals surface area (Å²) >= 11 is 0. The molecule has 0 saturated carbocycles. The van der Waals surface area contributed by atoms with Crippen molar-refractivity contribution >= 4 is 23.3 Å². The fraction of sp³-hybridized carbons (Fsp3) is 0.0870. The lowest BCUT2D eigenvalue weighted by Gasteiger charge is -2.18. The standard InChI is InChI=1S/C23H23N7O/c24-30-22-20(17-7-3-1-4-8-17)21(26-15-19(31)16-11-13-25-14-12-16)28-23(29-22)27-18-9-5-2-6-10-18/h1-14,19,31H,15,24H2,(H3,26,27,28,29,30). The Morgan fingerprint density at radius 3 is 2.16 bits per heavy atom. The molecule has 2 aromatic carbocycles. The van der Waals surface area contributed by atoms with Gasteiger partial charge in [-0.15, -0.1) is 0 Å². The Hall–Kier alpha value is -4.01. The average Bonchev–Trinajstić information content (AvgIpc) is 2.84. The molecule has 6 N–H and O–H groups in total. The number of anilines is 4. The molecule has 8 nitrogen and oxygen atoms in total. The summed E-state index contributed by atoms with van der Waals surface area (Å²) in [5.41, 5.74) is 5.89. The summed E-state index contributed by atoms with van der Waals surface area (Å²) in [5.74, 6) is 7.19. The molecule has 2 aromatic heterocycles. The van der Waals surface area contributed by atoms with Gasteiger partial charge in [0.1, 0.15) is 5.82 Å². The van der Waals surface area contributed by atoms with E-state index in [9.17, 15) is 5.11 Å². The van der Waals surface area contributed by atoms with Crippen LogP contribution in [0.2, 0.25) is 0 Å². The Morgan fingerprint density at radius 1 is 0.839 bits per heavy atom. The molecule has 31 heavy (non-hydrogen) atoms. The van der Waals surface area contributed by atoms with Gasteiger partial charge in [-0.2, -0.15) is 9.97 Å². The summed E-state index contributed by atoms with van der Waals surface area (Å²) < 4.78 is 0. The van der Waals surface area contributed by atoms with Crippen LogP contribution in [0.15, 0.2) is 85.2 Å². The third kappa shape index (κ3) is 4.95. The predicted octanol–water partition coefficient (Wildman–Crippen LogP) is 3.71. The molecule has 0 spiro atoms. The molecule has 0 aliphatic heterocycles. The van der Waals surface area contributed by atoms with Crippen LogP contribution in [0.1, 0.15) is 11.7 Å². The molecule has 0 amide bonds. The zero-order chi connectivity index (χ0) is 21.5. The minimum absolute atomic E-state index is 0.246. The number of hydrazine groups is 1. The van der Waals surface area contributed by atoms with Crippen molar-refractivity contribution in [1.29, 1.82) is 0 Å². The van der Waals surface area contributed by atoms with Crippen LogP contribution in [0, 0.1) is 0 Å². The first-order valence-corrected chi connectivity index (χ1v) is 9.82. The first-order valence-electron chi connectivity index (χ1n) is 9.82. The summed E-state index contributed by atoms with van der Waals surface area (Å²) in [4.78, 5) is 13.2. The fourth-order valence-electron chi connectivity index (χ4n) is 3.17. The number of nitrogens with two attached hydrogens (primary N) is 1. The van der Waals surface area contributed by atoms with Crippen LogP contribution in [-0.4, -0.2) is 26.6 Å². The molecule has 0 bridgehead atoms. The number of rotatable bonds is 8. The SMILES string of the molecule is NNc1nc(Nc2ccccc2)nc(NCC(O)c2ccncc2)c1-c1ccccc1. The van der Waals surface area contributed by atoms with E-state index in [1.807, 2.05) is 60.7 Å². The smallest absolute Gasteiger partial charge is 0.231 e. The summed E-state index contributed by atoms with van der Waals surface area (Å²) in [7, 11) is 0. The number of nitrogen functional groups attached to an aromatic ring is 1. The minimum atomic E-state index is -0.735. The Balaban J connectivity index is 1.69. The number of aliphatic hydroxyl groups is 1. The van der Waals surface area contributed by atoms with Crippen molar-refractivity contribution in [3.05, 3.63) is 90.8 Å². The van der Waals surface area contributed by atoms with Crippen molar-refractivity contribution in [2.24, 2.45) is 5.84 Å². The highest BCUT2D eigenvalue weighted by Gasteiger charge is 2.17. The number of hydrogen-bond donors (Lipinski definition) is 5. The zero-order valence-electron chi connectivity index (χ0n) is 16.7. The normalized spacial score (nSPS) is 11.5. The average molecular weight is 413 g/mol. The molecule has 4 rings (SSSR count). The number of hydrogen-bond acceptors (Lipinski definition) is 8. The third-order valence-corrected chi connectivity index (χ3v) is 4.69. The maximum atomic E-state index is 10.6. The van der Waals surface area contributed by atoms with Gasteiger partial charge in [0, 0.05) is 24.6 Å². The van der Waals surface area contributed by atoms with E-state index in [2.05, 4.69) is 31.0 Å². The van der Waals surface area contributed by atoms with E-state index >= 15 is 0 Å². The molecule has 2 heterocycles. The summed E-state index contributed by atoms with van der Waals surface area (Å²) in [5, 5.41) is 17.0. The quantitative estimate of drug-likeness (QED) is 0.219. The van der Waals surface area contributed by atoms with Gasteiger partial charge in [-0.25, -0.2) is 5.84 Å². The molecule has 0 aliphatic carbocycles. The summed E-state index contributed by atoms with van der Waals surface area (Å²) in [6, 6.07) is 22.9. The van der Waals surface area contributed by atoms with Crippen molar-refractivity contribution in [1.82, 2.24) is 15.0 Å². The second kappa shape index (κ2) is 9.66. The van der Waals surface area contributed by atoms with Gasteiger partial charge in [0.25, 0.3) is 0 Å². The van der Waals surface area contributed by atoms with E-state index in [0.29, 0.717) is 23.1 Å². The number of aromatic nitrogens is 3. The first-order chi connectivity index (χ1) is 15.2. The van der Waals surface area contributed by atoms with E-state index in [0.717, 1.165) is 16.8 Å². The van der Waals surface area contributed by atoms with Crippen molar-refractivity contribution in [2.45, 2.75) is 6.10 Å². The van der Waals surface area contributed by atoms with Crippen molar-refractivity contribution < 1.29 is 5.11 Å². The first kappa shape index (κ1) is 20.3. The molecule has 0 radical (unpaired) electrons. The molecule has 4 aromatic rings. The van der Waals surface area contributed by atoms with E-state index in [1.165, 1.54) is 0 Å². The van der Waals surface area contributed by atoms with E-state index in [1.54, 1.807) is 24.5 Å². The second-order valence-electron chi connectivity index (χ2n) is 6.80. The van der Waals surface area contributed by atoms with Gasteiger partial charge in [-0.3, -0.25) is 4.98 Å². The summed E-state index contributed by atoms with van der Waals surface area (Å²) in [6.45, 7) is 0.246. The van der Waals surface area contributed by atoms with Crippen LogP contribution in [0.3, 0.4) is 0 Å². The molecule has 1 unspecified atom stereocenters. The Kier molecular flexibility index (Phi) is 6.32. The van der Waals surface area contributed by atoms with Gasteiger partial charge < -0.3 is 21.2 Å². The van der Waals surface area contributed by atoms with Crippen molar-refractivity contribution in [3.63, 3.8) is 0 Å². The van der Waals surface area contributed by atoms with E-state index in [-0.39, 0.29) is 6.54 Å². The molecule has 0 aliphatic rings. The van der Waals surface area contributed by atoms with Crippen LogP contribution in [-0.2, 0) is 0 Å². The Labute approximate surface area is 180 Å². The summed E-state index contributed by atoms with van der Waals surface area (Å²) in [6.07, 6.45) is 2.56. The largest absolute Gasteiger partial charge is 0.387 e. The fourth-order valence-corrected chi connectivity index (χ4v) is 3.17. The topological polar surface area (TPSA) is 121 Å². The minimum Gasteiger partial charge on any atom is -0.387 e.